The molecule has 0 spiro atoms. The highest BCUT2D eigenvalue weighted by Gasteiger charge is 2.17. The second-order valence-corrected chi connectivity index (χ2v) is 6.68. The minimum Gasteiger partial charge on any atom is -0.497 e. The second kappa shape index (κ2) is 9.21. The third-order valence-electron chi connectivity index (χ3n) is 4.19. The molecule has 1 aromatic heterocycles. The lowest BCUT2D eigenvalue weighted by atomic mass is 10.1. The third kappa shape index (κ3) is 5.12. The van der Waals surface area contributed by atoms with Crippen LogP contribution in [0.5, 0.6) is 5.75 Å². The fraction of sp³-hybridized carbons (Fsp3) is 0.136. The summed E-state index contributed by atoms with van der Waals surface area (Å²) in [5.74, 6) is 0.579. The van der Waals surface area contributed by atoms with Gasteiger partial charge in [0.1, 0.15) is 11.6 Å². The monoisotopic (exact) mass is 409 g/mol. The molecule has 0 bridgehead atoms. The van der Waals surface area contributed by atoms with Gasteiger partial charge in [0.2, 0.25) is 11.8 Å². The van der Waals surface area contributed by atoms with Crippen LogP contribution >= 0.6 is 11.6 Å². The van der Waals surface area contributed by atoms with Crippen LogP contribution in [-0.2, 0) is 16.0 Å². The first-order chi connectivity index (χ1) is 14.0. The van der Waals surface area contributed by atoms with Gasteiger partial charge in [0.25, 0.3) is 0 Å². The summed E-state index contributed by atoms with van der Waals surface area (Å²) in [5.41, 5.74) is 1.88. The number of anilines is 3. The number of halogens is 1. The van der Waals surface area contributed by atoms with E-state index in [-0.39, 0.29) is 18.2 Å². The molecule has 1 heterocycles. The van der Waals surface area contributed by atoms with Crippen molar-refractivity contribution in [1.82, 2.24) is 4.98 Å². The molecule has 0 aliphatic rings. The zero-order valence-corrected chi connectivity index (χ0v) is 16.8. The maximum Gasteiger partial charge on any atom is 0.229 e. The molecular formula is C22H20ClN3O3. The molecule has 2 aromatic carbocycles. The quantitative estimate of drug-likeness (QED) is 0.645. The normalized spacial score (nSPS) is 10.3. The maximum atomic E-state index is 12.4. The standard InChI is InChI=1S/C22H20ClN3O3/c1-15(27)26(18-7-5-8-19(14-18)29-2)21-13-17(10-11-24-21)25-22(28)12-16-6-3-4-9-20(16)23/h3-11,13-14H,12H2,1-2H3,(H,24,25,28). The molecule has 0 radical (unpaired) electrons. The minimum atomic E-state index is -0.217. The predicted octanol–water partition coefficient (Wildman–Crippen LogP) is 4.61. The predicted molar refractivity (Wildman–Crippen MR) is 114 cm³/mol. The van der Waals surface area contributed by atoms with Crippen LogP contribution in [0.4, 0.5) is 17.2 Å². The summed E-state index contributed by atoms with van der Waals surface area (Å²) in [6.45, 7) is 1.45. The molecule has 2 amide bonds. The van der Waals surface area contributed by atoms with Crippen LogP contribution in [0.15, 0.2) is 66.9 Å². The molecule has 148 valence electrons. The van der Waals surface area contributed by atoms with E-state index < -0.39 is 0 Å². The van der Waals surface area contributed by atoms with Crippen molar-refractivity contribution in [3.8, 4) is 5.75 Å². The molecule has 6 nitrogen and oxygen atoms in total. The SMILES string of the molecule is COc1cccc(N(C(C)=O)c2cc(NC(=O)Cc3ccccc3Cl)ccn2)c1. The smallest absolute Gasteiger partial charge is 0.229 e. The number of nitrogens with zero attached hydrogens (tertiary/aromatic N) is 2. The Balaban J connectivity index is 1.82. The third-order valence-corrected chi connectivity index (χ3v) is 4.56. The fourth-order valence-electron chi connectivity index (χ4n) is 2.86. The van der Waals surface area contributed by atoms with E-state index in [0.717, 1.165) is 5.56 Å². The molecule has 0 fully saturated rings. The summed E-state index contributed by atoms with van der Waals surface area (Å²) in [7, 11) is 1.56. The van der Waals surface area contributed by atoms with E-state index in [0.29, 0.717) is 28.0 Å². The minimum absolute atomic E-state index is 0.142. The average molecular weight is 410 g/mol. The molecule has 0 saturated heterocycles. The summed E-state index contributed by atoms with van der Waals surface area (Å²) < 4.78 is 5.24. The molecule has 0 saturated carbocycles. The summed E-state index contributed by atoms with van der Waals surface area (Å²) >= 11 is 6.12. The molecular weight excluding hydrogens is 390 g/mol. The number of aromatic nitrogens is 1. The summed E-state index contributed by atoms with van der Waals surface area (Å²) in [6.07, 6.45) is 1.68. The average Bonchev–Trinajstić information content (AvgIpc) is 2.70. The van der Waals surface area contributed by atoms with Crippen LogP contribution in [0, 0.1) is 0 Å². The maximum absolute atomic E-state index is 12.4. The molecule has 0 aliphatic heterocycles. The Kier molecular flexibility index (Phi) is 6.46. The Hall–Kier alpha value is -3.38. The zero-order valence-electron chi connectivity index (χ0n) is 16.1. The molecule has 7 heteroatoms. The van der Waals surface area contributed by atoms with Gasteiger partial charge in [-0.25, -0.2) is 4.98 Å². The van der Waals surface area contributed by atoms with E-state index in [9.17, 15) is 9.59 Å². The lowest BCUT2D eigenvalue weighted by Gasteiger charge is -2.21. The van der Waals surface area contributed by atoms with Gasteiger partial charge in [0, 0.05) is 36.0 Å². The Morgan fingerprint density at radius 3 is 2.62 bits per heavy atom. The largest absolute Gasteiger partial charge is 0.497 e. The van der Waals surface area contributed by atoms with Crippen LogP contribution in [0.2, 0.25) is 5.02 Å². The summed E-state index contributed by atoms with van der Waals surface area (Å²) in [5, 5.41) is 3.37. The molecule has 0 unspecified atom stereocenters. The van der Waals surface area contributed by atoms with Gasteiger partial charge in [0.15, 0.2) is 0 Å². The first kappa shape index (κ1) is 20.4. The number of benzene rings is 2. The van der Waals surface area contributed by atoms with Crippen molar-refractivity contribution in [1.29, 1.82) is 0 Å². The van der Waals surface area contributed by atoms with E-state index in [1.165, 1.54) is 18.0 Å². The molecule has 0 aliphatic carbocycles. The number of carbonyl (C=O) groups excluding carboxylic acids is 2. The highest BCUT2D eigenvalue weighted by Crippen LogP contribution is 2.28. The number of rotatable bonds is 6. The topological polar surface area (TPSA) is 71.5 Å². The van der Waals surface area contributed by atoms with Gasteiger partial charge in [-0.05, 0) is 29.8 Å². The van der Waals surface area contributed by atoms with Gasteiger partial charge < -0.3 is 10.1 Å². The molecule has 3 rings (SSSR count). The van der Waals surface area contributed by atoms with Crippen LogP contribution < -0.4 is 15.0 Å². The number of hydrogen-bond acceptors (Lipinski definition) is 4. The van der Waals surface area contributed by atoms with Gasteiger partial charge in [-0.2, -0.15) is 0 Å². The van der Waals surface area contributed by atoms with Crippen molar-refractivity contribution in [2.45, 2.75) is 13.3 Å². The van der Waals surface area contributed by atoms with Crippen LogP contribution in [0.25, 0.3) is 0 Å². The lowest BCUT2D eigenvalue weighted by molar-refractivity contribution is -0.116. The number of nitrogens with one attached hydrogen (secondary N) is 1. The lowest BCUT2D eigenvalue weighted by Crippen LogP contribution is -2.24. The van der Waals surface area contributed by atoms with E-state index >= 15 is 0 Å². The van der Waals surface area contributed by atoms with Crippen molar-refractivity contribution >= 4 is 40.6 Å². The van der Waals surface area contributed by atoms with Gasteiger partial charge in [-0.1, -0.05) is 35.9 Å². The van der Waals surface area contributed by atoms with Crippen molar-refractivity contribution in [2.24, 2.45) is 0 Å². The molecule has 3 aromatic rings. The van der Waals surface area contributed by atoms with Gasteiger partial charge >= 0.3 is 0 Å². The zero-order chi connectivity index (χ0) is 20.8. The highest BCUT2D eigenvalue weighted by atomic mass is 35.5. The number of pyridine rings is 1. The number of amides is 2. The first-order valence-electron chi connectivity index (χ1n) is 8.92. The second-order valence-electron chi connectivity index (χ2n) is 6.27. The van der Waals surface area contributed by atoms with Crippen molar-refractivity contribution in [3.63, 3.8) is 0 Å². The number of hydrogen-bond donors (Lipinski definition) is 1. The molecule has 0 atom stereocenters. The van der Waals surface area contributed by atoms with Crippen LogP contribution in [0.3, 0.4) is 0 Å². The summed E-state index contributed by atoms with van der Waals surface area (Å²) in [6, 6.07) is 17.6. The van der Waals surface area contributed by atoms with Crippen LogP contribution in [-0.4, -0.2) is 23.9 Å². The van der Waals surface area contributed by atoms with E-state index in [1.807, 2.05) is 12.1 Å². The number of methoxy groups -OCH3 is 1. The molecule has 1 N–H and O–H groups in total. The molecule has 29 heavy (non-hydrogen) atoms. The Bertz CT molecular complexity index is 1040. The van der Waals surface area contributed by atoms with E-state index in [2.05, 4.69) is 10.3 Å². The van der Waals surface area contributed by atoms with Crippen molar-refractivity contribution in [3.05, 3.63) is 77.4 Å². The van der Waals surface area contributed by atoms with Crippen molar-refractivity contribution < 1.29 is 14.3 Å². The summed E-state index contributed by atoms with van der Waals surface area (Å²) in [4.78, 5) is 30.5. The highest BCUT2D eigenvalue weighted by molar-refractivity contribution is 6.31. The Morgan fingerprint density at radius 1 is 1.10 bits per heavy atom. The number of carbonyl (C=O) groups is 2. The number of ether oxygens (including phenoxy) is 1. The Labute approximate surface area is 174 Å². The van der Waals surface area contributed by atoms with Crippen LogP contribution in [0.1, 0.15) is 12.5 Å². The van der Waals surface area contributed by atoms with Gasteiger partial charge in [-0.3, -0.25) is 14.5 Å². The van der Waals surface area contributed by atoms with Gasteiger partial charge in [-0.15, -0.1) is 0 Å². The van der Waals surface area contributed by atoms with E-state index in [1.54, 1.807) is 55.6 Å². The van der Waals surface area contributed by atoms with Crippen molar-refractivity contribution in [2.75, 3.05) is 17.3 Å². The fourth-order valence-corrected chi connectivity index (χ4v) is 3.07. The van der Waals surface area contributed by atoms with E-state index in [4.69, 9.17) is 16.3 Å². The Morgan fingerprint density at radius 2 is 1.90 bits per heavy atom. The van der Waals surface area contributed by atoms with Gasteiger partial charge in [0.05, 0.1) is 19.2 Å². The first-order valence-corrected chi connectivity index (χ1v) is 9.30.